The lowest BCUT2D eigenvalue weighted by Crippen LogP contribution is -2.47. The van der Waals surface area contributed by atoms with Crippen LogP contribution in [0, 0.1) is 0 Å². The summed E-state index contributed by atoms with van der Waals surface area (Å²) in [7, 11) is 0. The Morgan fingerprint density at radius 3 is 2.12 bits per heavy atom. The van der Waals surface area contributed by atoms with E-state index in [1.165, 1.54) is 12.1 Å². The molecule has 0 bridgehead atoms. The van der Waals surface area contributed by atoms with Crippen molar-refractivity contribution in [2.24, 2.45) is 0 Å². The van der Waals surface area contributed by atoms with Gasteiger partial charge in [0.1, 0.15) is 6.04 Å². The van der Waals surface area contributed by atoms with Crippen LogP contribution in [-0.4, -0.2) is 41.2 Å². The number of hydrogen-bond donors (Lipinski definition) is 1. The topological polar surface area (TPSA) is 92.8 Å². The molecule has 0 radical (unpaired) electrons. The fraction of sp³-hybridized carbons (Fsp3) is 0.120. The van der Waals surface area contributed by atoms with Gasteiger partial charge in [0, 0.05) is 6.42 Å². The monoisotopic (exact) mass is 496 g/mol. The lowest BCUT2D eigenvalue weighted by atomic mass is 10.0. The lowest BCUT2D eigenvalue weighted by molar-refractivity contribution is -0.151. The highest BCUT2D eigenvalue weighted by atomic mass is 35.5. The van der Waals surface area contributed by atoms with Gasteiger partial charge in [-0.25, -0.2) is 4.79 Å². The average molecular weight is 497 g/mol. The highest BCUT2D eigenvalue weighted by molar-refractivity contribution is 6.44. The average Bonchev–Trinajstić information content (AvgIpc) is 3.09. The molecule has 4 rings (SSSR count). The third-order valence-corrected chi connectivity index (χ3v) is 6.07. The number of imide groups is 1. The van der Waals surface area contributed by atoms with Gasteiger partial charge in [-0.2, -0.15) is 0 Å². The number of nitrogens with one attached hydrogen (secondary N) is 1. The molecule has 1 aliphatic heterocycles. The second-order valence-corrected chi connectivity index (χ2v) is 8.27. The Kier molecular flexibility index (Phi) is 6.95. The Balaban J connectivity index is 1.52. The summed E-state index contributed by atoms with van der Waals surface area (Å²) in [6.07, 6.45) is 0.0346. The van der Waals surface area contributed by atoms with E-state index in [9.17, 15) is 19.2 Å². The Labute approximate surface area is 205 Å². The van der Waals surface area contributed by atoms with Crippen LogP contribution in [0.25, 0.3) is 0 Å². The number of esters is 1. The van der Waals surface area contributed by atoms with Crippen LogP contribution < -0.4 is 5.32 Å². The molecule has 0 aliphatic carbocycles. The molecule has 1 unspecified atom stereocenters. The van der Waals surface area contributed by atoms with Crippen LogP contribution in [0.15, 0.2) is 72.8 Å². The molecule has 3 aromatic rings. The maximum atomic E-state index is 13.1. The first kappa shape index (κ1) is 23.5. The summed E-state index contributed by atoms with van der Waals surface area (Å²) >= 11 is 12.0. The molecule has 1 atom stereocenters. The first-order valence-electron chi connectivity index (χ1n) is 10.3. The van der Waals surface area contributed by atoms with E-state index in [1.807, 2.05) is 6.07 Å². The molecule has 0 aromatic heterocycles. The normalized spacial score (nSPS) is 13.4. The number of amides is 3. The second kappa shape index (κ2) is 10.1. The highest BCUT2D eigenvalue weighted by Crippen LogP contribution is 2.29. The summed E-state index contributed by atoms with van der Waals surface area (Å²) in [6, 6.07) is 18.7. The summed E-state index contributed by atoms with van der Waals surface area (Å²) in [5.41, 5.74) is 1.41. The van der Waals surface area contributed by atoms with E-state index >= 15 is 0 Å². The van der Waals surface area contributed by atoms with Crippen LogP contribution in [0.3, 0.4) is 0 Å². The van der Waals surface area contributed by atoms with Crippen LogP contribution in [-0.2, 0) is 20.7 Å². The van der Waals surface area contributed by atoms with Crippen LogP contribution >= 0.6 is 23.2 Å². The summed E-state index contributed by atoms with van der Waals surface area (Å²) in [4.78, 5) is 52.3. The summed E-state index contributed by atoms with van der Waals surface area (Å²) in [5, 5.41) is 2.92. The van der Waals surface area contributed by atoms with Gasteiger partial charge in [0.25, 0.3) is 17.7 Å². The minimum Gasteiger partial charge on any atom is -0.454 e. The van der Waals surface area contributed by atoms with Gasteiger partial charge in [0.05, 0.1) is 26.9 Å². The molecule has 3 amide bonds. The maximum absolute atomic E-state index is 13.1. The van der Waals surface area contributed by atoms with E-state index in [-0.39, 0.29) is 33.3 Å². The van der Waals surface area contributed by atoms with E-state index in [4.69, 9.17) is 27.9 Å². The van der Waals surface area contributed by atoms with Crippen molar-refractivity contribution in [3.8, 4) is 0 Å². The maximum Gasteiger partial charge on any atom is 0.330 e. The minimum atomic E-state index is -1.25. The predicted molar refractivity (Wildman–Crippen MR) is 127 cm³/mol. The molecule has 1 heterocycles. The number of fused-ring (bicyclic) bond motifs is 1. The van der Waals surface area contributed by atoms with Gasteiger partial charge in [0.15, 0.2) is 6.61 Å². The van der Waals surface area contributed by atoms with Crippen LogP contribution in [0.1, 0.15) is 26.3 Å². The van der Waals surface area contributed by atoms with Crippen molar-refractivity contribution in [3.63, 3.8) is 0 Å². The zero-order valence-corrected chi connectivity index (χ0v) is 19.2. The molecule has 0 saturated heterocycles. The molecule has 3 aromatic carbocycles. The summed E-state index contributed by atoms with van der Waals surface area (Å²) < 4.78 is 5.22. The third-order valence-electron chi connectivity index (χ3n) is 5.25. The molecule has 7 nitrogen and oxygen atoms in total. The van der Waals surface area contributed by atoms with E-state index in [0.717, 1.165) is 10.5 Å². The molecule has 1 N–H and O–H groups in total. The number of halogens is 2. The van der Waals surface area contributed by atoms with Crippen molar-refractivity contribution >= 4 is 52.6 Å². The highest BCUT2D eigenvalue weighted by Gasteiger charge is 2.43. The smallest absolute Gasteiger partial charge is 0.330 e. The number of hydrogen-bond acceptors (Lipinski definition) is 5. The number of nitrogens with zero attached hydrogens (tertiary/aromatic N) is 1. The molecule has 0 spiro atoms. The van der Waals surface area contributed by atoms with Crippen LogP contribution in [0.5, 0.6) is 0 Å². The molecular weight excluding hydrogens is 479 g/mol. The van der Waals surface area contributed by atoms with Gasteiger partial charge in [-0.1, -0.05) is 71.7 Å². The Morgan fingerprint density at radius 1 is 0.853 bits per heavy atom. The van der Waals surface area contributed by atoms with E-state index in [0.29, 0.717) is 0 Å². The molecule has 172 valence electrons. The largest absolute Gasteiger partial charge is 0.454 e. The molecule has 0 fully saturated rings. The fourth-order valence-corrected chi connectivity index (χ4v) is 3.98. The van der Waals surface area contributed by atoms with E-state index < -0.39 is 36.3 Å². The standard InChI is InChI=1S/C25H18Cl2N2O5/c26-18-11-6-12-19(22(18)27)28-21(30)14-34-25(33)20(13-15-7-2-1-3-8-15)29-23(31)16-9-4-5-10-17(16)24(29)32/h1-12,20H,13-14H2,(H,28,30). The quantitative estimate of drug-likeness (QED) is 0.386. The SMILES string of the molecule is O=C(COC(=O)C(Cc1ccccc1)N1C(=O)c2ccccc2C1=O)Nc1cccc(Cl)c1Cl. The molecule has 0 saturated carbocycles. The molecule has 9 heteroatoms. The molecule has 1 aliphatic rings. The van der Waals surface area contributed by atoms with Gasteiger partial charge in [0.2, 0.25) is 0 Å². The second-order valence-electron chi connectivity index (χ2n) is 7.49. The van der Waals surface area contributed by atoms with Crippen molar-refractivity contribution in [1.29, 1.82) is 0 Å². The van der Waals surface area contributed by atoms with Gasteiger partial charge < -0.3 is 10.1 Å². The van der Waals surface area contributed by atoms with Crippen molar-refractivity contribution in [1.82, 2.24) is 4.90 Å². The minimum absolute atomic E-state index is 0.0346. The van der Waals surface area contributed by atoms with E-state index in [2.05, 4.69) is 5.32 Å². The summed E-state index contributed by atoms with van der Waals surface area (Å²) in [6.45, 7) is -0.643. The number of carbonyl (C=O) groups is 4. The zero-order valence-electron chi connectivity index (χ0n) is 17.7. The third kappa shape index (κ3) is 4.81. The zero-order chi connectivity index (χ0) is 24.2. The lowest BCUT2D eigenvalue weighted by Gasteiger charge is -2.24. The van der Waals surface area contributed by atoms with E-state index in [1.54, 1.807) is 54.6 Å². The molecule has 34 heavy (non-hydrogen) atoms. The Hall–Kier alpha value is -3.68. The van der Waals surface area contributed by atoms with Crippen molar-refractivity contribution < 1.29 is 23.9 Å². The number of ether oxygens (including phenoxy) is 1. The van der Waals surface area contributed by atoms with Gasteiger partial charge in [-0.05, 0) is 29.8 Å². The Bertz CT molecular complexity index is 1240. The Morgan fingerprint density at radius 2 is 1.47 bits per heavy atom. The number of carbonyl (C=O) groups excluding carboxylic acids is 4. The van der Waals surface area contributed by atoms with Gasteiger partial charge in [-0.15, -0.1) is 0 Å². The van der Waals surface area contributed by atoms with Gasteiger partial charge in [-0.3, -0.25) is 19.3 Å². The molecular formula is C25H18Cl2N2O5. The first-order valence-corrected chi connectivity index (χ1v) is 11.0. The van der Waals surface area contributed by atoms with Crippen molar-refractivity contribution in [2.75, 3.05) is 11.9 Å². The first-order chi connectivity index (χ1) is 16.4. The van der Waals surface area contributed by atoms with Crippen molar-refractivity contribution in [3.05, 3.63) is 99.5 Å². The number of rotatable bonds is 7. The number of anilines is 1. The summed E-state index contributed by atoms with van der Waals surface area (Å²) in [5.74, 6) is -2.72. The van der Waals surface area contributed by atoms with Crippen LogP contribution in [0.2, 0.25) is 10.0 Å². The van der Waals surface area contributed by atoms with Gasteiger partial charge >= 0.3 is 5.97 Å². The number of benzene rings is 3. The van der Waals surface area contributed by atoms with Crippen LogP contribution in [0.4, 0.5) is 5.69 Å². The predicted octanol–water partition coefficient (Wildman–Crippen LogP) is 4.38. The fourth-order valence-electron chi connectivity index (χ4n) is 3.63. The van der Waals surface area contributed by atoms with Crippen molar-refractivity contribution in [2.45, 2.75) is 12.5 Å².